The van der Waals surface area contributed by atoms with Crippen molar-refractivity contribution in [2.75, 3.05) is 5.75 Å². The van der Waals surface area contributed by atoms with Crippen molar-refractivity contribution < 1.29 is 13.9 Å². The largest absolute Gasteiger partial charge is 0.441 e. The number of rotatable bonds is 5. The summed E-state index contributed by atoms with van der Waals surface area (Å²) in [4.78, 5) is 28.4. The second-order valence-electron chi connectivity index (χ2n) is 5.29. The maximum Gasteiger partial charge on any atom is 0.318 e. The molecule has 130 valence electrons. The highest BCUT2D eigenvalue weighted by atomic mass is 32.2. The van der Waals surface area contributed by atoms with E-state index in [9.17, 15) is 9.59 Å². The minimum atomic E-state index is -0.515. The smallest absolute Gasteiger partial charge is 0.318 e. The lowest BCUT2D eigenvalue weighted by Gasteiger charge is -2.05. The Morgan fingerprint density at radius 3 is 2.73 bits per heavy atom. The number of hydrogen-bond acceptors (Lipinski definition) is 8. The molecular formula is C17H12N4O4S. The summed E-state index contributed by atoms with van der Waals surface area (Å²) in [6.45, 7) is -0.302. The molecule has 0 saturated heterocycles. The lowest BCUT2D eigenvalue weighted by Crippen LogP contribution is -2.26. The van der Waals surface area contributed by atoms with E-state index in [1.54, 1.807) is 30.3 Å². The van der Waals surface area contributed by atoms with Crippen molar-refractivity contribution in [3.63, 3.8) is 0 Å². The quantitative estimate of drug-likeness (QED) is 0.390. The molecule has 0 spiro atoms. The summed E-state index contributed by atoms with van der Waals surface area (Å²) in [5, 5.41) is 8.49. The van der Waals surface area contributed by atoms with Crippen LogP contribution < -0.4 is 5.56 Å². The van der Waals surface area contributed by atoms with Crippen LogP contribution >= 0.6 is 11.8 Å². The Bertz CT molecular complexity index is 1120. The number of ether oxygens (including phenoxy) is 1. The fourth-order valence-electron chi connectivity index (χ4n) is 2.32. The number of carbonyl (C=O) groups is 1. The molecule has 4 rings (SSSR count). The third kappa shape index (κ3) is 3.29. The van der Waals surface area contributed by atoms with Crippen LogP contribution in [0.15, 0.2) is 63.0 Å². The fraction of sp³-hybridized carbons (Fsp3) is 0.118. The van der Waals surface area contributed by atoms with Gasteiger partial charge < -0.3 is 9.15 Å². The van der Waals surface area contributed by atoms with E-state index >= 15 is 0 Å². The zero-order chi connectivity index (χ0) is 17.9. The lowest BCUT2D eigenvalue weighted by molar-refractivity contribution is -0.144. The molecule has 0 fully saturated rings. The predicted molar refractivity (Wildman–Crippen MR) is 94.6 cm³/mol. The van der Waals surface area contributed by atoms with Gasteiger partial charge in [-0.25, -0.2) is 4.98 Å². The number of para-hydroxylation sites is 2. The molecule has 2 heterocycles. The first kappa shape index (κ1) is 16.3. The number of carbonyl (C=O) groups excluding carboxylic acids is 1. The predicted octanol–water partition coefficient (Wildman–Crippen LogP) is 2.23. The van der Waals surface area contributed by atoms with E-state index in [2.05, 4.69) is 15.3 Å². The third-order valence-electron chi connectivity index (χ3n) is 3.56. The van der Waals surface area contributed by atoms with E-state index in [1.807, 2.05) is 18.2 Å². The van der Waals surface area contributed by atoms with E-state index in [4.69, 9.17) is 9.15 Å². The van der Waals surface area contributed by atoms with Crippen LogP contribution in [0.5, 0.6) is 0 Å². The number of thioether (sulfide) groups is 1. The number of nitrogens with zero attached hydrogens (tertiary/aromatic N) is 4. The van der Waals surface area contributed by atoms with Gasteiger partial charge in [0.25, 0.3) is 10.8 Å². The molecule has 0 amide bonds. The van der Waals surface area contributed by atoms with Gasteiger partial charge in [0, 0.05) is 0 Å². The Labute approximate surface area is 150 Å². The molecule has 8 nitrogen and oxygen atoms in total. The van der Waals surface area contributed by atoms with E-state index in [-0.39, 0.29) is 18.0 Å². The summed E-state index contributed by atoms with van der Waals surface area (Å²) in [5.74, 6) is -0.512. The Hall–Kier alpha value is -3.20. The highest BCUT2D eigenvalue weighted by molar-refractivity contribution is 7.99. The van der Waals surface area contributed by atoms with Crippen LogP contribution in [-0.2, 0) is 16.3 Å². The maximum atomic E-state index is 12.3. The number of esters is 1. The maximum absolute atomic E-state index is 12.3. The zero-order valence-electron chi connectivity index (χ0n) is 13.4. The third-order valence-corrected chi connectivity index (χ3v) is 4.37. The first-order valence-corrected chi connectivity index (χ1v) is 8.66. The van der Waals surface area contributed by atoms with Gasteiger partial charge in [-0.15, -0.1) is 5.10 Å². The average Bonchev–Trinajstić information content (AvgIpc) is 3.09. The lowest BCUT2D eigenvalue weighted by atomic mass is 10.2. The molecule has 0 aliphatic heterocycles. The van der Waals surface area contributed by atoms with E-state index in [0.717, 1.165) is 22.0 Å². The summed E-state index contributed by atoms with van der Waals surface area (Å²) in [6, 6.07) is 14.2. The standard InChI is InChI=1S/C17H12N4O4S/c22-15(9-26-17-18-13-7-3-4-8-14(13)25-17)24-10-21-16(23)11-5-1-2-6-12(11)19-20-21/h1-8H,9-10H2. The molecule has 2 aromatic carbocycles. The SMILES string of the molecule is O=C(CSc1nc2ccccc2o1)OCn1nnc2ccccc2c1=O. The molecule has 0 bridgehead atoms. The van der Waals surface area contributed by atoms with Crippen LogP contribution in [0.4, 0.5) is 0 Å². The summed E-state index contributed by atoms with van der Waals surface area (Å²) < 4.78 is 11.6. The average molecular weight is 368 g/mol. The monoisotopic (exact) mass is 368 g/mol. The van der Waals surface area contributed by atoms with Crippen LogP contribution in [-0.4, -0.2) is 31.7 Å². The van der Waals surface area contributed by atoms with Crippen molar-refractivity contribution in [1.82, 2.24) is 20.0 Å². The highest BCUT2D eigenvalue weighted by Crippen LogP contribution is 2.23. The van der Waals surface area contributed by atoms with Gasteiger partial charge in [0.15, 0.2) is 12.3 Å². The summed E-state index contributed by atoms with van der Waals surface area (Å²) in [5.41, 5.74) is 1.50. The Morgan fingerprint density at radius 2 is 1.88 bits per heavy atom. The van der Waals surface area contributed by atoms with Crippen molar-refractivity contribution in [3.8, 4) is 0 Å². The molecule has 0 aliphatic carbocycles. The number of fused-ring (bicyclic) bond motifs is 2. The van der Waals surface area contributed by atoms with Gasteiger partial charge in [-0.1, -0.05) is 41.2 Å². The topological polar surface area (TPSA) is 100 Å². The number of benzene rings is 2. The first-order chi connectivity index (χ1) is 12.7. The van der Waals surface area contributed by atoms with Crippen LogP contribution in [0, 0.1) is 0 Å². The van der Waals surface area contributed by atoms with E-state index in [1.165, 1.54) is 0 Å². The molecule has 0 atom stereocenters. The zero-order valence-corrected chi connectivity index (χ0v) is 14.2. The molecule has 0 saturated carbocycles. The van der Waals surface area contributed by atoms with Crippen molar-refractivity contribution in [2.24, 2.45) is 0 Å². The van der Waals surface area contributed by atoms with Crippen molar-refractivity contribution >= 4 is 39.7 Å². The highest BCUT2D eigenvalue weighted by Gasteiger charge is 2.11. The van der Waals surface area contributed by atoms with Gasteiger partial charge in [0.2, 0.25) is 0 Å². The molecule has 0 N–H and O–H groups in total. The number of hydrogen-bond donors (Lipinski definition) is 0. The Morgan fingerprint density at radius 1 is 1.12 bits per heavy atom. The molecule has 0 aliphatic rings. The normalized spacial score (nSPS) is 11.1. The van der Waals surface area contributed by atoms with Crippen LogP contribution in [0.1, 0.15) is 0 Å². The van der Waals surface area contributed by atoms with Crippen LogP contribution in [0.2, 0.25) is 0 Å². The number of oxazole rings is 1. The van der Waals surface area contributed by atoms with Gasteiger partial charge in [-0.2, -0.15) is 4.68 Å². The second kappa shape index (κ2) is 6.96. The molecule has 4 aromatic rings. The first-order valence-electron chi connectivity index (χ1n) is 7.67. The van der Waals surface area contributed by atoms with Gasteiger partial charge >= 0.3 is 5.97 Å². The number of aromatic nitrogens is 4. The van der Waals surface area contributed by atoms with Gasteiger partial charge in [0.05, 0.1) is 5.39 Å². The second-order valence-corrected chi connectivity index (χ2v) is 6.22. The minimum Gasteiger partial charge on any atom is -0.441 e. The minimum absolute atomic E-state index is 0.00256. The van der Waals surface area contributed by atoms with E-state index in [0.29, 0.717) is 21.7 Å². The fourth-order valence-corrected chi connectivity index (χ4v) is 2.95. The summed E-state index contributed by atoms with van der Waals surface area (Å²) >= 11 is 1.12. The molecule has 26 heavy (non-hydrogen) atoms. The Kier molecular flexibility index (Phi) is 4.36. The van der Waals surface area contributed by atoms with Crippen LogP contribution in [0.3, 0.4) is 0 Å². The molecule has 2 aromatic heterocycles. The van der Waals surface area contributed by atoms with Gasteiger partial charge in [0.1, 0.15) is 16.8 Å². The molecule has 0 unspecified atom stereocenters. The molecular weight excluding hydrogens is 356 g/mol. The van der Waals surface area contributed by atoms with Crippen molar-refractivity contribution in [1.29, 1.82) is 0 Å². The van der Waals surface area contributed by atoms with Gasteiger partial charge in [-0.05, 0) is 24.3 Å². The van der Waals surface area contributed by atoms with Gasteiger partial charge in [-0.3, -0.25) is 9.59 Å². The van der Waals surface area contributed by atoms with Crippen LogP contribution in [0.25, 0.3) is 22.0 Å². The van der Waals surface area contributed by atoms with Crippen molar-refractivity contribution in [2.45, 2.75) is 12.0 Å². The van der Waals surface area contributed by atoms with Crippen molar-refractivity contribution in [3.05, 3.63) is 58.9 Å². The molecule has 0 radical (unpaired) electrons. The summed E-state index contributed by atoms with van der Waals surface area (Å²) in [7, 11) is 0. The van der Waals surface area contributed by atoms with E-state index < -0.39 is 5.97 Å². The summed E-state index contributed by atoms with van der Waals surface area (Å²) in [6.07, 6.45) is 0. The Balaban J connectivity index is 1.38. The molecule has 9 heteroatoms.